The van der Waals surface area contributed by atoms with Gasteiger partial charge in [0.05, 0.1) is 32.6 Å². The first-order valence-corrected chi connectivity index (χ1v) is 6.71. The molecule has 1 saturated heterocycles. The second-order valence-electron chi connectivity index (χ2n) is 4.90. The highest BCUT2D eigenvalue weighted by atomic mass is 16.5. The molecule has 1 fully saturated rings. The van der Waals surface area contributed by atoms with E-state index in [-0.39, 0.29) is 5.69 Å². The van der Waals surface area contributed by atoms with Crippen molar-refractivity contribution in [2.75, 3.05) is 26.9 Å². The van der Waals surface area contributed by atoms with Crippen LogP contribution >= 0.6 is 0 Å². The lowest BCUT2D eigenvalue weighted by atomic mass is 10.1. The molecule has 0 bridgehead atoms. The Morgan fingerprint density at radius 3 is 3.00 bits per heavy atom. The number of esters is 1. The second-order valence-corrected chi connectivity index (χ2v) is 4.90. The molecule has 0 unspecified atom stereocenters. The van der Waals surface area contributed by atoms with Gasteiger partial charge in [-0.15, -0.1) is 0 Å². The standard InChI is InChI=1S/C15H16N2O4/c1-19-15(18)14-6-13(16-17-14)11-3-2-4-12(5-11)21-9-10-7-20-8-10/h2-6,10H,7-9H2,1H3,(H,16,17). The van der Waals surface area contributed by atoms with E-state index in [4.69, 9.17) is 9.47 Å². The zero-order chi connectivity index (χ0) is 14.7. The number of aromatic amines is 1. The second kappa shape index (κ2) is 5.97. The molecule has 2 heterocycles. The summed E-state index contributed by atoms with van der Waals surface area (Å²) in [5, 5.41) is 6.76. The Kier molecular flexibility index (Phi) is 3.87. The van der Waals surface area contributed by atoms with Crippen molar-refractivity contribution in [3.8, 4) is 17.0 Å². The summed E-state index contributed by atoms with van der Waals surface area (Å²) in [7, 11) is 1.33. The number of aromatic nitrogens is 2. The van der Waals surface area contributed by atoms with Crippen molar-refractivity contribution in [3.05, 3.63) is 36.0 Å². The van der Waals surface area contributed by atoms with Crippen LogP contribution < -0.4 is 4.74 Å². The average molecular weight is 288 g/mol. The van der Waals surface area contributed by atoms with E-state index in [0.717, 1.165) is 30.2 Å². The SMILES string of the molecule is COC(=O)c1cc(-c2cccc(OCC3COC3)c2)[nH]n1. The number of hydrogen-bond acceptors (Lipinski definition) is 5. The highest BCUT2D eigenvalue weighted by Crippen LogP contribution is 2.24. The van der Waals surface area contributed by atoms with Crippen molar-refractivity contribution in [1.82, 2.24) is 10.2 Å². The summed E-state index contributed by atoms with van der Waals surface area (Å²) >= 11 is 0. The van der Waals surface area contributed by atoms with Gasteiger partial charge < -0.3 is 14.2 Å². The molecule has 0 atom stereocenters. The van der Waals surface area contributed by atoms with Gasteiger partial charge in [-0.25, -0.2) is 4.79 Å². The summed E-state index contributed by atoms with van der Waals surface area (Å²) in [6, 6.07) is 9.30. The molecule has 3 rings (SSSR count). The third kappa shape index (κ3) is 3.05. The molecule has 6 nitrogen and oxygen atoms in total. The van der Waals surface area contributed by atoms with Gasteiger partial charge in [0.1, 0.15) is 5.75 Å². The highest BCUT2D eigenvalue weighted by Gasteiger charge is 2.19. The van der Waals surface area contributed by atoms with E-state index in [1.54, 1.807) is 6.07 Å². The van der Waals surface area contributed by atoms with Crippen LogP contribution in [-0.2, 0) is 9.47 Å². The third-order valence-electron chi connectivity index (χ3n) is 3.31. The Morgan fingerprint density at radius 2 is 2.29 bits per heavy atom. The summed E-state index contributed by atoms with van der Waals surface area (Å²) in [4.78, 5) is 11.4. The van der Waals surface area contributed by atoms with Crippen molar-refractivity contribution < 1.29 is 19.0 Å². The number of hydrogen-bond donors (Lipinski definition) is 1. The van der Waals surface area contributed by atoms with Gasteiger partial charge in [0.15, 0.2) is 5.69 Å². The van der Waals surface area contributed by atoms with Crippen molar-refractivity contribution in [1.29, 1.82) is 0 Å². The maximum Gasteiger partial charge on any atom is 0.358 e. The van der Waals surface area contributed by atoms with E-state index in [2.05, 4.69) is 14.9 Å². The summed E-state index contributed by atoms with van der Waals surface area (Å²) in [6.07, 6.45) is 0. The molecule has 2 aromatic rings. The molecule has 0 aliphatic carbocycles. The van der Waals surface area contributed by atoms with Crippen molar-refractivity contribution in [2.45, 2.75) is 0 Å². The fraction of sp³-hybridized carbons (Fsp3) is 0.333. The smallest absolute Gasteiger partial charge is 0.358 e. The van der Waals surface area contributed by atoms with Gasteiger partial charge >= 0.3 is 5.97 Å². The average Bonchev–Trinajstić information content (AvgIpc) is 2.95. The molecule has 1 aliphatic rings. The Balaban J connectivity index is 1.72. The molecule has 0 radical (unpaired) electrons. The minimum absolute atomic E-state index is 0.255. The van der Waals surface area contributed by atoms with Gasteiger partial charge in [0.25, 0.3) is 0 Å². The summed E-state index contributed by atoms with van der Waals surface area (Å²) in [5.41, 5.74) is 1.90. The van der Waals surface area contributed by atoms with Crippen molar-refractivity contribution >= 4 is 5.97 Å². The van der Waals surface area contributed by atoms with E-state index in [0.29, 0.717) is 12.5 Å². The number of nitrogens with zero attached hydrogens (tertiary/aromatic N) is 1. The fourth-order valence-corrected chi connectivity index (χ4v) is 2.03. The lowest BCUT2D eigenvalue weighted by Gasteiger charge is -2.25. The van der Waals surface area contributed by atoms with Gasteiger partial charge in [-0.2, -0.15) is 5.10 Å². The zero-order valence-corrected chi connectivity index (χ0v) is 11.7. The number of rotatable bonds is 5. The molecule has 0 saturated carbocycles. The van der Waals surface area contributed by atoms with Crippen molar-refractivity contribution in [3.63, 3.8) is 0 Å². The van der Waals surface area contributed by atoms with Gasteiger partial charge in [0, 0.05) is 11.5 Å². The van der Waals surface area contributed by atoms with Crippen LogP contribution in [0.4, 0.5) is 0 Å². The monoisotopic (exact) mass is 288 g/mol. The Bertz CT molecular complexity index is 634. The Hall–Kier alpha value is -2.34. The molecule has 6 heteroatoms. The van der Waals surface area contributed by atoms with Crippen LogP contribution in [0.3, 0.4) is 0 Å². The topological polar surface area (TPSA) is 73.4 Å². The lowest BCUT2D eigenvalue weighted by molar-refractivity contribution is -0.0508. The zero-order valence-electron chi connectivity index (χ0n) is 11.7. The largest absolute Gasteiger partial charge is 0.493 e. The molecule has 0 amide bonds. The maximum atomic E-state index is 11.4. The van der Waals surface area contributed by atoms with Crippen molar-refractivity contribution in [2.24, 2.45) is 5.92 Å². The van der Waals surface area contributed by atoms with Crippen LogP contribution in [0.1, 0.15) is 10.5 Å². The number of H-pyrrole nitrogens is 1. The first-order chi connectivity index (χ1) is 10.3. The summed E-state index contributed by atoms with van der Waals surface area (Å²) in [5.74, 6) is 0.801. The molecular formula is C15H16N2O4. The number of benzene rings is 1. The van der Waals surface area contributed by atoms with E-state index in [1.165, 1.54) is 7.11 Å². The molecular weight excluding hydrogens is 272 g/mol. The molecule has 21 heavy (non-hydrogen) atoms. The molecule has 110 valence electrons. The molecule has 1 aromatic carbocycles. The van der Waals surface area contributed by atoms with E-state index >= 15 is 0 Å². The maximum absolute atomic E-state index is 11.4. The predicted octanol–water partition coefficient (Wildman–Crippen LogP) is 1.89. The number of carbonyl (C=O) groups excluding carboxylic acids is 1. The predicted molar refractivity (Wildman–Crippen MR) is 75.2 cm³/mol. The Labute approximate surface area is 122 Å². The van der Waals surface area contributed by atoms with Crippen LogP contribution in [0, 0.1) is 5.92 Å². The van der Waals surface area contributed by atoms with E-state index in [1.807, 2.05) is 24.3 Å². The van der Waals surface area contributed by atoms with Crippen LogP contribution in [-0.4, -0.2) is 43.1 Å². The fourth-order valence-electron chi connectivity index (χ4n) is 2.03. The van der Waals surface area contributed by atoms with Gasteiger partial charge in [-0.05, 0) is 18.2 Å². The van der Waals surface area contributed by atoms with Gasteiger partial charge in [0.2, 0.25) is 0 Å². The molecule has 1 aromatic heterocycles. The molecule has 0 spiro atoms. The van der Waals surface area contributed by atoms with Crippen LogP contribution in [0.25, 0.3) is 11.3 Å². The molecule has 1 aliphatic heterocycles. The van der Waals surface area contributed by atoms with E-state index in [9.17, 15) is 4.79 Å². The number of ether oxygens (including phenoxy) is 3. The minimum Gasteiger partial charge on any atom is -0.493 e. The number of nitrogens with one attached hydrogen (secondary N) is 1. The van der Waals surface area contributed by atoms with Gasteiger partial charge in [-0.3, -0.25) is 5.10 Å². The number of carbonyl (C=O) groups is 1. The lowest BCUT2D eigenvalue weighted by Crippen LogP contribution is -2.32. The van der Waals surface area contributed by atoms with Crippen LogP contribution in [0.15, 0.2) is 30.3 Å². The number of methoxy groups -OCH3 is 1. The Morgan fingerprint density at radius 1 is 1.43 bits per heavy atom. The minimum atomic E-state index is -0.463. The summed E-state index contributed by atoms with van der Waals surface area (Å²) in [6.45, 7) is 2.19. The van der Waals surface area contributed by atoms with E-state index < -0.39 is 5.97 Å². The highest BCUT2D eigenvalue weighted by molar-refractivity contribution is 5.88. The first-order valence-electron chi connectivity index (χ1n) is 6.71. The first kappa shape index (κ1) is 13.6. The third-order valence-corrected chi connectivity index (χ3v) is 3.31. The van der Waals surface area contributed by atoms with Crippen LogP contribution in [0.2, 0.25) is 0 Å². The molecule has 1 N–H and O–H groups in total. The quantitative estimate of drug-likeness (QED) is 0.850. The normalized spacial score (nSPS) is 14.5. The summed E-state index contributed by atoms with van der Waals surface area (Å²) < 4.78 is 15.5. The van der Waals surface area contributed by atoms with Gasteiger partial charge in [-0.1, -0.05) is 12.1 Å². The van der Waals surface area contributed by atoms with Crippen LogP contribution in [0.5, 0.6) is 5.75 Å².